The molecule has 10 rings (SSSR count). The van der Waals surface area contributed by atoms with Crippen molar-refractivity contribution in [1.82, 2.24) is 19.1 Å². The van der Waals surface area contributed by atoms with Gasteiger partial charge in [-0.05, 0) is 103 Å². The minimum absolute atomic E-state index is 0.706. The third-order valence-electron chi connectivity index (χ3n) is 10.2. The Hall–Kier alpha value is -7.05. The first-order chi connectivity index (χ1) is 26.8. The van der Waals surface area contributed by atoms with Crippen LogP contribution in [0.2, 0.25) is 0 Å². The van der Waals surface area contributed by atoms with E-state index in [-0.39, 0.29) is 0 Å². The van der Waals surface area contributed by atoms with Crippen molar-refractivity contribution in [2.45, 2.75) is 12.8 Å². The highest BCUT2D eigenvalue weighted by Crippen LogP contribution is 2.38. The topological polar surface area (TPSA) is 51.2 Å². The standard InChI is InChI=1S/C48H36N6/c1-4-19-38(20-5-1)52-43-27-13-10-17-34(43)18-16-30-49-46(52)35-31-36(47-50-41-25-11-14-28-44(41)53(47)39-21-6-2-7-22-39)33-37(32-35)48-51-42-26-12-15-29-45(42)54(48)40-23-8-3-9-24-40/h1-15,17,19-29,31-33H,16,18,30H2. The summed E-state index contributed by atoms with van der Waals surface area (Å²) in [7, 11) is 0. The molecule has 258 valence electrons. The van der Waals surface area contributed by atoms with Crippen molar-refractivity contribution < 1.29 is 0 Å². The van der Waals surface area contributed by atoms with Gasteiger partial charge in [0.1, 0.15) is 17.5 Å². The van der Waals surface area contributed by atoms with Gasteiger partial charge in [0.2, 0.25) is 0 Å². The molecule has 0 radical (unpaired) electrons. The molecule has 0 saturated heterocycles. The van der Waals surface area contributed by atoms with Crippen molar-refractivity contribution in [1.29, 1.82) is 0 Å². The van der Waals surface area contributed by atoms with E-state index in [0.29, 0.717) is 6.54 Å². The van der Waals surface area contributed by atoms with Gasteiger partial charge in [-0.15, -0.1) is 0 Å². The van der Waals surface area contributed by atoms with Gasteiger partial charge < -0.3 is 0 Å². The number of para-hydroxylation sites is 8. The zero-order valence-electron chi connectivity index (χ0n) is 29.6. The molecule has 1 aliphatic rings. The first kappa shape index (κ1) is 31.7. The molecule has 0 aliphatic carbocycles. The lowest BCUT2D eigenvalue weighted by molar-refractivity contribution is 0.823. The third kappa shape index (κ3) is 5.56. The number of rotatable bonds is 6. The molecule has 0 spiro atoms. The van der Waals surface area contributed by atoms with Crippen molar-refractivity contribution in [3.05, 3.63) is 193 Å². The SMILES string of the molecule is c1ccc(N2C(c3cc(-c4nc5ccccc5n4-c4ccccc4)cc(-c4nc5ccccc5n4-c4ccccc4)c3)=NCCCc3ccccc32)cc1. The number of amidine groups is 1. The van der Waals surface area contributed by atoms with Gasteiger partial charge >= 0.3 is 0 Å². The van der Waals surface area contributed by atoms with Gasteiger partial charge in [0.15, 0.2) is 0 Å². The molecular weight excluding hydrogens is 661 g/mol. The second-order valence-corrected chi connectivity index (χ2v) is 13.6. The number of fused-ring (bicyclic) bond motifs is 3. The molecule has 0 bridgehead atoms. The van der Waals surface area contributed by atoms with Crippen molar-refractivity contribution in [2.75, 3.05) is 11.4 Å². The number of aliphatic imine (C=N–C) groups is 1. The minimum Gasteiger partial charge on any atom is -0.295 e. The van der Waals surface area contributed by atoms with Gasteiger partial charge in [-0.2, -0.15) is 0 Å². The molecule has 0 N–H and O–H groups in total. The van der Waals surface area contributed by atoms with E-state index in [4.69, 9.17) is 15.0 Å². The van der Waals surface area contributed by atoms with Crippen LogP contribution < -0.4 is 4.90 Å². The van der Waals surface area contributed by atoms with Gasteiger partial charge in [0.25, 0.3) is 0 Å². The van der Waals surface area contributed by atoms with Crippen LogP contribution in [0.15, 0.2) is 187 Å². The highest BCUT2D eigenvalue weighted by molar-refractivity contribution is 6.15. The van der Waals surface area contributed by atoms with Crippen molar-refractivity contribution >= 4 is 39.3 Å². The second kappa shape index (κ2) is 13.5. The van der Waals surface area contributed by atoms with E-state index < -0.39 is 0 Å². The Balaban J connectivity index is 1.29. The molecule has 6 nitrogen and oxygen atoms in total. The van der Waals surface area contributed by atoms with Gasteiger partial charge in [-0.1, -0.05) is 97.1 Å². The number of aryl methyl sites for hydroxylation is 1. The van der Waals surface area contributed by atoms with Crippen LogP contribution in [0.4, 0.5) is 11.4 Å². The molecule has 2 aromatic heterocycles. The van der Waals surface area contributed by atoms with Crippen LogP contribution in [0.5, 0.6) is 0 Å². The molecule has 6 heteroatoms. The van der Waals surface area contributed by atoms with E-state index in [9.17, 15) is 0 Å². The van der Waals surface area contributed by atoms with Crippen molar-refractivity contribution in [3.63, 3.8) is 0 Å². The molecule has 0 atom stereocenters. The lowest BCUT2D eigenvalue weighted by atomic mass is 9.99. The Kier molecular flexibility index (Phi) is 7.91. The van der Waals surface area contributed by atoms with Crippen LogP contribution >= 0.6 is 0 Å². The van der Waals surface area contributed by atoms with Crippen LogP contribution in [-0.2, 0) is 6.42 Å². The lowest BCUT2D eigenvalue weighted by Crippen LogP contribution is -2.29. The number of imidazole rings is 2. The van der Waals surface area contributed by atoms with Crippen molar-refractivity contribution in [3.8, 4) is 34.2 Å². The molecule has 0 amide bonds. The number of benzene rings is 7. The van der Waals surface area contributed by atoms with Gasteiger partial charge in [0, 0.05) is 40.3 Å². The van der Waals surface area contributed by atoms with E-state index in [1.54, 1.807) is 0 Å². The van der Waals surface area contributed by atoms with E-state index >= 15 is 0 Å². The summed E-state index contributed by atoms with van der Waals surface area (Å²) in [4.78, 5) is 18.4. The number of aromatic nitrogens is 4. The fourth-order valence-corrected chi connectivity index (χ4v) is 7.77. The quantitative estimate of drug-likeness (QED) is 0.174. The molecule has 7 aromatic carbocycles. The Morgan fingerprint density at radius 2 is 0.889 bits per heavy atom. The summed E-state index contributed by atoms with van der Waals surface area (Å²) in [5.74, 6) is 2.60. The van der Waals surface area contributed by atoms with Crippen LogP contribution in [0.3, 0.4) is 0 Å². The zero-order valence-corrected chi connectivity index (χ0v) is 29.6. The largest absolute Gasteiger partial charge is 0.295 e. The predicted molar refractivity (Wildman–Crippen MR) is 221 cm³/mol. The molecule has 54 heavy (non-hydrogen) atoms. The van der Waals surface area contributed by atoms with Crippen LogP contribution in [0.1, 0.15) is 17.5 Å². The first-order valence-electron chi connectivity index (χ1n) is 18.5. The number of hydrogen-bond acceptors (Lipinski definition) is 4. The summed E-state index contributed by atoms with van der Waals surface area (Å²) >= 11 is 0. The first-order valence-corrected chi connectivity index (χ1v) is 18.5. The zero-order chi connectivity index (χ0) is 35.8. The van der Waals surface area contributed by atoms with E-state index in [0.717, 1.165) is 91.8 Å². The number of nitrogens with zero attached hydrogens (tertiary/aromatic N) is 6. The van der Waals surface area contributed by atoms with Gasteiger partial charge in [-0.3, -0.25) is 19.0 Å². The maximum absolute atomic E-state index is 5.41. The Labute approximate surface area is 314 Å². The average molecular weight is 697 g/mol. The summed E-state index contributed by atoms with van der Waals surface area (Å²) < 4.78 is 4.53. The normalized spacial score (nSPS) is 13.0. The summed E-state index contributed by atoms with van der Waals surface area (Å²) in [5.41, 5.74) is 12.5. The fourth-order valence-electron chi connectivity index (χ4n) is 7.77. The summed E-state index contributed by atoms with van der Waals surface area (Å²) in [5, 5.41) is 0. The predicted octanol–water partition coefficient (Wildman–Crippen LogP) is 11.2. The highest BCUT2D eigenvalue weighted by Gasteiger charge is 2.26. The molecule has 1 aliphatic heterocycles. The summed E-state index contributed by atoms with van der Waals surface area (Å²) in [6.07, 6.45) is 1.92. The number of anilines is 2. The van der Waals surface area contributed by atoms with E-state index in [1.165, 1.54) is 5.56 Å². The molecule has 9 aromatic rings. The van der Waals surface area contributed by atoms with E-state index in [2.05, 4.69) is 196 Å². The van der Waals surface area contributed by atoms with Crippen molar-refractivity contribution in [2.24, 2.45) is 4.99 Å². The van der Waals surface area contributed by atoms with Crippen LogP contribution in [-0.4, -0.2) is 31.5 Å². The Bertz CT molecular complexity index is 2660. The maximum atomic E-state index is 5.41. The van der Waals surface area contributed by atoms with E-state index in [1.807, 2.05) is 0 Å². The molecule has 0 fully saturated rings. The second-order valence-electron chi connectivity index (χ2n) is 13.6. The van der Waals surface area contributed by atoms with Crippen LogP contribution in [0.25, 0.3) is 56.2 Å². The molecule has 3 heterocycles. The maximum Gasteiger partial charge on any atom is 0.145 e. The minimum atomic E-state index is 0.706. The number of hydrogen-bond donors (Lipinski definition) is 0. The Morgan fingerprint density at radius 1 is 0.426 bits per heavy atom. The lowest BCUT2D eigenvalue weighted by Gasteiger charge is -2.30. The molecule has 0 unspecified atom stereocenters. The third-order valence-corrected chi connectivity index (χ3v) is 10.2. The van der Waals surface area contributed by atoms with Crippen LogP contribution in [0, 0.1) is 0 Å². The smallest absolute Gasteiger partial charge is 0.145 e. The monoisotopic (exact) mass is 696 g/mol. The molecular formula is C48H36N6. The molecule has 0 saturated carbocycles. The van der Waals surface area contributed by atoms with Gasteiger partial charge in [-0.25, -0.2) is 9.97 Å². The average Bonchev–Trinajstić information content (AvgIpc) is 3.82. The summed E-state index contributed by atoms with van der Waals surface area (Å²) in [6, 6.07) is 63.8. The Morgan fingerprint density at radius 3 is 1.46 bits per heavy atom. The van der Waals surface area contributed by atoms with Gasteiger partial charge in [0.05, 0.1) is 27.8 Å². The highest BCUT2D eigenvalue weighted by atomic mass is 15.2. The fraction of sp³-hybridized carbons (Fsp3) is 0.0625. The summed E-state index contributed by atoms with van der Waals surface area (Å²) in [6.45, 7) is 0.706.